The number of carbonyl (C=O) groups excluding carboxylic acids is 1. The molecule has 1 aliphatic rings. The Morgan fingerprint density at radius 2 is 1.91 bits per heavy atom. The second kappa shape index (κ2) is 9.42. The molecule has 0 saturated carbocycles. The smallest absolute Gasteiger partial charge is 0.272 e. The van der Waals surface area contributed by atoms with E-state index >= 15 is 0 Å². The molecule has 2 aromatic carbocycles. The summed E-state index contributed by atoms with van der Waals surface area (Å²) in [5, 5.41) is 3.77. The van der Waals surface area contributed by atoms with E-state index in [1.54, 1.807) is 23.4 Å². The lowest BCUT2D eigenvalue weighted by atomic mass is 10.1. The van der Waals surface area contributed by atoms with Gasteiger partial charge in [0.1, 0.15) is 5.75 Å². The number of hydrogen-bond acceptors (Lipinski definition) is 6. The minimum absolute atomic E-state index is 0.0910. The van der Waals surface area contributed by atoms with Crippen molar-refractivity contribution in [3.63, 3.8) is 0 Å². The van der Waals surface area contributed by atoms with Crippen LogP contribution in [-0.4, -0.2) is 33.6 Å². The average Bonchev–Trinajstić information content (AvgIpc) is 3.12. The van der Waals surface area contributed by atoms with E-state index in [0.29, 0.717) is 26.7 Å². The van der Waals surface area contributed by atoms with Crippen LogP contribution in [0.1, 0.15) is 23.7 Å². The number of hydrogen-bond donors (Lipinski definition) is 1. The molecule has 1 atom stereocenters. The van der Waals surface area contributed by atoms with Crippen LogP contribution in [0.5, 0.6) is 5.75 Å². The fourth-order valence-corrected chi connectivity index (χ4v) is 5.66. The maximum Gasteiger partial charge on any atom is 0.272 e. The minimum Gasteiger partial charge on any atom is -0.497 e. The van der Waals surface area contributed by atoms with Gasteiger partial charge in [-0.15, -0.1) is 11.8 Å². The maximum atomic E-state index is 13.3. The van der Waals surface area contributed by atoms with Gasteiger partial charge >= 0.3 is 0 Å². The van der Waals surface area contributed by atoms with Crippen LogP contribution in [0.15, 0.2) is 57.3 Å². The molecule has 0 radical (unpaired) electrons. The van der Waals surface area contributed by atoms with Crippen LogP contribution >= 0.6 is 23.5 Å². The largest absolute Gasteiger partial charge is 0.497 e. The SMILES string of the molecule is COc1ccc(-n2c(SCC(=O)Nc3cc(C)cc(C)c3)nc3c(c2=O)SC(C)C3)cc1. The van der Waals surface area contributed by atoms with Gasteiger partial charge in [-0.2, -0.15) is 0 Å². The highest BCUT2D eigenvalue weighted by Crippen LogP contribution is 2.35. The molecule has 8 heteroatoms. The van der Waals surface area contributed by atoms with Gasteiger partial charge in [0.25, 0.3) is 5.56 Å². The maximum absolute atomic E-state index is 13.3. The van der Waals surface area contributed by atoms with Crippen LogP contribution in [0.3, 0.4) is 0 Å². The van der Waals surface area contributed by atoms with Crippen LogP contribution < -0.4 is 15.6 Å². The third-order valence-electron chi connectivity index (χ3n) is 5.05. The van der Waals surface area contributed by atoms with Crippen molar-refractivity contribution in [1.82, 2.24) is 9.55 Å². The Kier molecular flexibility index (Phi) is 6.62. The molecule has 0 bridgehead atoms. The highest BCUT2D eigenvalue weighted by atomic mass is 32.2. The van der Waals surface area contributed by atoms with Crippen LogP contribution in [0.2, 0.25) is 0 Å². The van der Waals surface area contributed by atoms with Gasteiger partial charge in [-0.25, -0.2) is 4.98 Å². The zero-order chi connectivity index (χ0) is 22.8. The number of amides is 1. The number of fused-ring (bicyclic) bond motifs is 1. The summed E-state index contributed by atoms with van der Waals surface area (Å²) in [5.74, 6) is 0.719. The van der Waals surface area contributed by atoms with Crippen LogP contribution in [0.25, 0.3) is 5.69 Å². The highest BCUT2D eigenvalue weighted by molar-refractivity contribution is 8.00. The van der Waals surface area contributed by atoms with Crippen LogP contribution in [-0.2, 0) is 11.2 Å². The molecule has 32 heavy (non-hydrogen) atoms. The number of aryl methyl sites for hydroxylation is 2. The first kappa shape index (κ1) is 22.5. The number of nitrogens with zero attached hydrogens (tertiary/aromatic N) is 2. The number of rotatable bonds is 6. The molecule has 4 rings (SSSR count). The van der Waals surface area contributed by atoms with Gasteiger partial charge in [0, 0.05) is 17.4 Å². The molecule has 0 spiro atoms. The van der Waals surface area contributed by atoms with E-state index in [-0.39, 0.29) is 17.2 Å². The van der Waals surface area contributed by atoms with E-state index in [1.807, 2.05) is 50.2 Å². The molecule has 0 aliphatic carbocycles. The van der Waals surface area contributed by atoms with Gasteiger partial charge in [0.15, 0.2) is 5.16 Å². The standard InChI is InChI=1S/C24H25N3O3S2/c1-14-9-15(2)11-17(10-14)25-21(28)13-31-24-26-20-12-16(3)32-22(20)23(29)27(24)18-5-7-19(30-4)8-6-18/h5-11,16H,12-13H2,1-4H3,(H,25,28). The zero-order valence-electron chi connectivity index (χ0n) is 18.5. The monoisotopic (exact) mass is 467 g/mol. The molecule has 0 saturated heterocycles. The molecule has 1 N–H and O–H groups in total. The van der Waals surface area contributed by atoms with Crippen molar-refractivity contribution in [3.05, 3.63) is 69.6 Å². The first-order valence-corrected chi connectivity index (χ1v) is 12.2. The van der Waals surface area contributed by atoms with E-state index in [0.717, 1.165) is 28.9 Å². The summed E-state index contributed by atoms with van der Waals surface area (Å²) < 4.78 is 6.84. The van der Waals surface area contributed by atoms with Crippen molar-refractivity contribution in [1.29, 1.82) is 0 Å². The van der Waals surface area contributed by atoms with E-state index in [2.05, 4.69) is 18.3 Å². The summed E-state index contributed by atoms with van der Waals surface area (Å²) in [6, 6.07) is 13.2. The number of thioether (sulfide) groups is 2. The molecule has 2 heterocycles. The van der Waals surface area contributed by atoms with Crippen molar-refractivity contribution >= 4 is 35.1 Å². The lowest BCUT2D eigenvalue weighted by Gasteiger charge is -2.14. The third kappa shape index (κ3) is 4.86. The topological polar surface area (TPSA) is 73.2 Å². The second-order valence-electron chi connectivity index (χ2n) is 7.85. The Balaban J connectivity index is 1.62. The Morgan fingerprint density at radius 3 is 2.56 bits per heavy atom. The predicted octanol–water partition coefficient (Wildman–Crippen LogP) is 4.63. The van der Waals surface area contributed by atoms with E-state index in [9.17, 15) is 9.59 Å². The molecule has 0 fully saturated rings. The summed E-state index contributed by atoms with van der Waals surface area (Å²) in [6.07, 6.45) is 0.751. The summed E-state index contributed by atoms with van der Waals surface area (Å²) in [6.45, 7) is 6.09. The van der Waals surface area contributed by atoms with Crippen molar-refractivity contribution in [3.8, 4) is 11.4 Å². The second-order valence-corrected chi connectivity index (χ2v) is 10.2. The molecule has 6 nitrogen and oxygen atoms in total. The fourth-order valence-electron chi connectivity index (χ4n) is 3.73. The lowest BCUT2D eigenvalue weighted by Crippen LogP contribution is -2.24. The van der Waals surface area contributed by atoms with Crippen molar-refractivity contribution in [2.24, 2.45) is 0 Å². The summed E-state index contributed by atoms with van der Waals surface area (Å²) >= 11 is 2.83. The third-order valence-corrected chi connectivity index (χ3v) is 7.20. The van der Waals surface area contributed by atoms with Gasteiger partial charge in [0.05, 0.1) is 29.1 Å². The molecular formula is C24H25N3O3S2. The van der Waals surface area contributed by atoms with Crippen molar-refractivity contribution < 1.29 is 9.53 Å². The number of aromatic nitrogens is 2. The van der Waals surface area contributed by atoms with E-state index in [1.165, 1.54) is 11.8 Å². The number of anilines is 1. The van der Waals surface area contributed by atoms with Crippen LogP contribution in [0, 0.1) is 13.8 Å². The number of methoxy groups -OCH3 is 1. The predicted molar refractivity (Wildman–Crippen MR) is 131 cm³/mol. The molecule has 166 valence electrons. The zero-order valence-corrected chi connectivity index (χ0v) is 20.1. The first-order chi connectivity index (χ1) is 15.3. The first-order valence-electron chi connectivity index (χ1n) is 10.3. The molecule has 1 aliphatic heterocycles. The van der Waals surface area contributed by atoms with Gasteiger partial charge in [-0.05, 0) is 61.4 Å². The Labute approximate surface area is 195 Å². The normalized spacial score (nSPS) is 14.8. The van der Waals surface area contributed by atoms with Gasteiger partial charge in [0.2, 0.25) is 5.91 Å². The Bertz CT molecular complexity index is 1200. The van der Waals surface area contributed by atoms with E-state index < -0.39 is 0 Å². The number of nitrogens with one attached hydrogen (secondary N) is 1. The Hall–Kier alpha value is -2.71. The Morgan fingerprint density at radius 1 is 1.22 bits per heavy atom. The number of carbonyl (C=O) groups is 1. The quantitative estimate of drug-likeness (QED) is 0.421. The number of benzene rings is 2. The highest BCUT2D eigenvalue weighted by Gasteiger charge is 2.27. The van der Waals surface area contributed by atoms with Crippen molar-refractivity contribution in [2.45, 2.75) is 42.5 Å². The van der Waals surface area contributed by atoms with Crippen LogP contribution in [0.4, 0.5) is 5.69 Å². The van der Waals surface area contributed by atoms with Gasteiger partial charge < -0.3 is 10.1 Å². The van der Waals surface area contributed by atoms with Gasteiger partial charge in [-0.3, -0.25) is 14.2 Å². The van der Waals surface area contributed by atoms with Gasteiger partial charge in [-0.1, -0.05) is 24.8 Å². The molecule has 1 aromatic heterocycles. The summed E-state index contributed by atoms with van der Waals surface area (Å²) in [5.41, 5.74) is 4.37. The molecule has 3 aromatic rings. The van der Waals surface area contributed by atoms with Crippen molar-refractivity contribution in [2.75, 3.05) is 18.2 Å². The summed E-state index contributed by atoms with van der Waals surface area (Å²) in [4.78, 5) is 31.5. The van der Waals surface area contributed by atoms with E-state index in [4.69, 9.17) is 9.72 Å². The lowest BCUT2D eigenvalue weighted by molar-refractivity contribution is -0.113. The fraction of sp³-hybridized carbons (Fsp3) is 0.292. The summed E-state index contributed by atoms with van der Waals surface area (Å²) in [7, 11) is 1.60. The molecule has 1 amide bonds. The average molecular weight is 468 g/mol. The molecule has 1 unspecified atom stereocenters. The number of ether oxygens (including phenoxy) is 1. The minimum atomic E-state index is -0.140. The molecular weight excluding hydrogens is 442 g/mol.